The zero-order valence-corrected chi connectivity index (χ0v) is 17.1. The van der Waals surface area contributed by atoms with Crippen LogP contribution in [-0.2, 0) is 29.2 Å². The first-order chi connectivity index (χ1) is 13.4. The van der Waals surface area contributed by atoms with Crippen molar-refractivity contribution in [2.45, 2.75) is 82.6 Å². The lowest BCUT2D eigenvalue weighted by Gasteiger charge is -2.34. The summed E-state index contributed by atoms with van der Waals surface area (Å²) in [5.74, 6) is -5.77. The molecule has 168 valence electrons. The van der Waals surface area contributed by atoms with Gasteiger partial charge in [-0.15, -0.1) is 0 Å². The van der Waals surface area contributed by atoms with Gasteiger partial charge in [0.15, 0.2) is 0 Å². The van der Waals surface area contributed by atoms with Crippen molar-refractivity contribution in [3.63, 3.8) is 0 Å². The highest BCUT2D eigenvalue weighted by molar-refractivity contribution is 7.85. The third-order valence-corrected chi connectivity index (χ3v) is 6.56. The molecule has 2 rings (SSSR count). The number of alkyl halides is 3. The van der Waals surface area contributed by atoms with Gasteiger partial charge in [0.05, 0.1) is 11.8 Å². The zero-order chi connectivity index (χ0) is 21.9. The van der Waals surface area contributed by atoms with Gasteiger partial charge < -0.3 is 9.47 Å². The Bertz CT molecular complexity index is 699. The fourth-order valence-corrected chi connectivity index (χ4v) is 4.79. The van der Waals surface area contributed by atoms with Crippen molar-refractivity contribution >= 4 is 22.1 Å². The van der Waals surface area contributed by atoms with Crippen LogP contribution in [0, 0.1) is 11.8 Å². The molecule has 29 heavy (non-hydrogen) atoms. The molecule has 0 aliphatic heterocycles. The van der Waals surface area contributed by atoms with E-state index in [1.54, 1.807) is 0 Å². The molecule has 0 spiro atoms. The van der Waals surface area contributed by atoms with E-state index in [4.69, 9.17) is 9.29 Å². The average Bonchev–Trinajstić information content (AvgIpc) is 3.08. The van der Waals surface area contributed by atoms with Gasteiger partial charge in [0.25, 0.3) is 10.1 Å². The largest absolute Gasteiger partial charge is 0.459 e. The summed E-state index contributed by atoms with van der Waals surface area (Å²) in [5.41, 5.74) is -0.595. The van der Waals surface area contributed by atoms with Gasteiger partial charge >= 0.3 is 18.1 Å². The Hall–Kier alpha value is -1.36. The minimum atomic E-state index is -5.17. The molecule has 0 saturated heterocycles. The van der Waals surface area contributed by atoms with Gasteiger partial charge in [-0.25, -0.2) is 0 Å². The van der Waals surface area contributed by atoms with Crippen LogP contribution in [-0.4, -0.2) is 48.5 Å². The van der Waals surface area contributed by atoms with Crippen LogP contribution < -0.4 is 0 Å². The van der Waals surface area contributed by atoms with Gasteiger partial charge in [0.2, 0.25) is 6.10 Å². The number of hydrogen-bond donors (Lipinski definition) is 1. The molecule has 2 unspecified atom stereocenters. The normalized spacial score (nSPS) is 26.0. The first-order valence-corrected chi connectivity index (χ1v) is 11.4. The van der Waals surface area contributed by atoms with Crippen molar-refractivity contribution in [2.75, 3.05) is 5.75 Å². The van der Waals surface area contributed by atoms with Gasteiger partial charge in [-0.3, -0.25) is 14.1 Å². The predicted molar refractivity (Wildman–Crippen MR) is 95.4 cm³/mol. The number of halogens is 3. The molecule has 0 aromatic heterocycles. The molecule has 0 heterocycles. The van der Waals surface area contributed by atoms with E-state index in [2.05, 4.69) is 4.74 Å². The third-order valence-electron chi connectivity index (χ3n) is 5.83. The second kappa shape index (κ2) is 9.20. The standard InChI is InChI=1S/C18H27F3O7S/c1-2-17(9-5-6-10-17)28-16(23)13-8-4-3-7-12(13)15(22)27-14(18(19,20)21)11-29(24,25)26/h12-14H,2-11H2,1H3,(H,24,25,26)/t12?,13?,14-/m0/s1. The summed E-state index contributed by atoms with van der Waals surface area (Å²) in [5, 5.41) is 0. The second-order valence-corrected chi connectivity index (χ2v) is 9.38. The van der Waals surface area contributed by atoms with Crippen LogP contribution >= 0.6 is 0 Å². The predicted octanol–water partition coefficient (Wildman–Crippen LogP) is 3.42. The van der Waals surface area contributed by atoms with Crippen LogP contribution in [0.3, 0.4) is 0 Å². The zero-order valence-electron chi connectivity index (χ0n) is 16.2. The number of ether oxygens (including phenoxy) is 2. The molecule has 2 aliphatic carbocycles. The molecule has 11 heteroatoms. The monoisotopic (exact) mass is 444 g/mol. The van der Waals surface area contributed by atoms with Crippen molar-refractivity contribution in [2.24, 2.45) is 11.8 Å². The summed E-state index contributed by atoms with van der Waals surface area (Å²) >= 11 is 0. The minimum absolute atomic E-state index is 0.147. The van der Waals surface area contributed by atoms with E-state index in [1.807, 2.05) is 6.92 Å². The van der Waals surface area contributed by atoms with Crippen LogP contribution in [0.5, 0.6) is 0 Å². The molecule has 3 atom stereocenters. The van der Waals surface area contributed by atoms with Gasteiger partial charge in [0.1, 0.15) is 11.4 Å². The summed E-state index contributed by atoms with van der Waals surface area (Å²) in [4.78, 5) is 25.2. The minimum Gasteiger partial charge on any atom is -0.459 e. The second-order valence-electron chi connectivity index (χ2n) is 7.88. The van der Waals surface area contributed by atoms with E-state index in [0.29, 0.717) is 32.1 Å². The van der Waals surface area contributed by atoms with E-state index < -0.39 is 57.5 Å². The molecule has 1 N–H and O–H groups in total. The maximum atomic E-state index is 13.1. The van der Waals surface area contributed by atoms with E-state index in [0.717, 1.165) is 12.8 Å². The fraction of sp³-hybridized carbons (Fsp3) is 0.889. The first kappa shape index (κ1) is 23.9. The van der Waals surface area contributed by atoms with Crippen molar-refractivity contribution < 1.29 is 45.2 Å². The van der Waals surface area contributed by atoms with Crippen molar-refractivity contribution in [3.8, 4) is 0 Å². The van der Waals surface area contributed by atoms with Gasteiger partial charge in [-0.05, 0) is 44.9 Å². The molecular formula is C18H27F3O7S. The Morgan fingerprint density at radius 3 is 2.03 bits per heavy atom. The lowest BCUT2D eigenvalue weighted by molar-refractivity contribution is -0.219. The molecule has 0 aromatic rings. The van der Waals surface area contributed by atoms with Gasteiger partial charge in [-0.2, -0.15) is 21.6 Å². The highest BCUT2D eigenvalue weighted by Gasteiger charge is 2.48. The Labute approximate surface area is 168 Å². The summed E-state index contributed by atoms with van der Waals surface area (Å²) < 4.78 is 79.8. The molecule has 0 radical (unpaired) electrons. The van der Waals surface area contributed by atoms with Crippen LogP contribution in [0.2, 0.25) is 0 Å². The van der Waals surface area contributed by atoms with Crippen LogP contribution in [0.4, 0.5) is 13.2 Å². The number of carbonyl (C=O) groups is 2. The summed E-state index contributed by atoms with van der Waals surface area (Å²) in [6.07, 6.45) is -2.73. The highest BCUT2D eigenvalue weighted by atomic mass is 32.2. The molecule has 2 aliphatic rings. The quantitative estimate of drug-likeness (QED) is 0.474. The Balaban J connectivity index is 2.12. The van der Waals surface area contributed by atoms with Crippen molar-refractivity contribution in [1.29, 1.82) is 0 Å². The summed E-state index contributed by atoms with van der Waals surface area (Å²) in [6.45, 7) is 1.90. The Kier molecular flexibility index (Phi) is 7.58. The number of carbonyl (C=O) groups excluding carboxylic acids is 2. The number of rotatable bonds is 7. The number of esters is 2. The topological polar surface area (TPSA) is 107 Å². The van der Waals surface area contributed by atoms with Gasteiger partial charge in [0, 0.05) is 0 Å². The van der Waals surface area contributed by atoms with E-state index in [-0.39, 0.29) is 12.8 Å². The highest BCUT2D eigenvalue weighted by Crippen LogP contribution is 2.39. The van der Waals surface area contributed by atoms with E-state index in [1.165, 1.54) is 0 Å². The summed E-state index contributed by atoms with van der Waals surface area (Å²) in [7, 11) is -5.03. The number of hydrogen-bond acceptors (Lipinski definition) is 6. The fourth-order valence-electron chi connectivity index (χ4n) is 4.15. The lowest BCUT2D eigenvalue weighted by Crippen LogP contribution is -2.44. The lowest BCUT2D eigenvalue weighted by atomic mass is 9.79. The van der Waals surface area contributed by atoms with Gasteiger partial charge in [-0.1, -0.05) is 19.8 Å². The Morgan fingerprint density at radius 1 is 1.07 bits per heavy atom. The molecule has 2 fully saturated rings. The molecule has 2 saturated carbocycles. The molecule has 7 nitrogen and oxygen atoms in total. The average molecular weight is 444 g/mol. The van der Waals surface area contributed by atoms with E-state index in [9.17, 15) is 31.2 Å². The smallest absolute Gasteiger partial charge is 0.426 e. The Morgan fingerprint density at radius 2 is 1.59 bits per heavy atom. The van der Waals surface area contributed by atoms with E-state index >= 15 is 0 Å². The molecule has 0 aromatic carbocycles. The van der Waals surface area contributed by atoms with Crippen LogP contribution in [0.25, 0.3) is 0 Å². The maximum absolute atomic E-state index is 13.1. The first-order valence-electron chi connectivity index (χ1n) is 9.82. The molecule has 0 amide bonds. The summed E-state index contributed by atoms with van der Waals surface area (Å²) in [6, 6.07) is 0. The maximum Gasteiger partial charge on any atom is 0.426 e. The third kappa shape index (κ3) is 6.56. The van der Waals surface area contributed by atoms with Crippen molar-refractivity contribution in [1.82, 2.24) is 0 Å². The molecular weight excluding hydrogens is 417 g/mol. The SMILES string of the molecule is CCC1(OC(=O)C2CCCCC2C(=O)O[C@@H](CS(=O)(=O)O)C(F)(F)F)CCCC1. The van der Waals surface area contributed by atoms with Crippen molar-refractivity contribution in [3.05, 3.63) is 0 Å². The molecule has 0 bridgehead atoms. The van der Waals surface area contributed by atoms with Crippen LogP contribution in [0.1, 0.15) is 64.7 Å². The van der Waals surface area contributed by atoms with Crippen LogP contribution in [0.15, 0.2) is 0 Å².